The molecule has 1 spiro atoms. The molecule has 3 aliphatic rings. The molecule has 0 atom stereocenters. The number of hydrogen-bond acceptors (Lipinski definition) is 3. The molecule has 3 rings (SSSR count). The molecule has 15 heavy (non-hydrogen) atoms. The van der Waals surface area contributed by atoms with Gasteiger partial charge in [0.05, 0.1) is 6.04 Å². The highest BCUT2D eigenvalue weighted by molar-refractivity contribution is 6.20. The number of nitrogens with one attached hydrogen (secondary N) is 2. The van der Waals surface area contributed by atoms with Crippen molar-refractivity contribution in [2.45, 2.75) is 38.1 Å². The van der Waals surface area contributed by atoms with Gasteiger partial charge in [-0.1, -0.05) is 6.42 Å². The van der Waals surface area contributed by atoms with Gasteiger partial charge in [0.2, 0.25) is 17.8 Å². The number of aliphatic imine (C=N–C) groups is 1. The summed E-state index contributed by atoms with van der Waals surface area (Å²) < 4.78 is 0. The van der Waals surface area contributed by atoms with Crippen molar-refractivity contribution < 1.29 is 9.59 Å². The Morgan fingerprint density at radius 3 is 2.13 bits per heavy atom. The molecular formula is C10H13N3O2. The van der Waals surface area contributed by atoms with Gasteiger partial charge in [-0.3, -0.25) is 20.2 Å². The Kier molecular flexibility index (Phi) is 1.66. The number of guanidine groups is 1. The van der Waals surface area contributed by atoms with Crippen LogP contribution in [0.5, 0.6) is 0 Å². The summed E-state index contributed by atoms with van der Waals surface area (Å²) in [5, 5.41) is 5.38. The maximum Gasteiger partial charge on any atom is 0.242 e. The molecule has 1 saturated heterocycles. The standard InChI is InChI=1S/C10H13N3O2/c14-7-10(4-1-5-10)8(15)13-9(12-7)11-6-2-3-6/h6H,1-5H2,(H2,11,12,13,14,15). The molecule has 3 fully saturated rings. The van der Waals surface area contributed by atoms with E-state index in [0.717, 1.165) is 19.3 Å². The lowest BCUT2D eigenvalue weighted by atomic mass is 9.66. The first-order chi connectivity index (χ1) is 7.21. The Hall–Kier alpha value is -1.39. The number of carbonyl (C=O) groups is 2. The molecule has 5 nitrogen and oxygen atoms in total. The summed E-state index contributed by atoms with van der Waals surface area (Å²) in [4.78, 5) is 27.8. The average Bonchev–Trinajstić information content (AvgIpc) is 2.84. The molecule has 0 aromatic carbocycles. The van der Waals surface area contributed by atoms with Crippen molar-refractivity contribution in [1.82, 2.24) is 10.6 Å². The van der Waals surface area contributed by atoms with Gasteiger partial charge in [-0.15, -0.1) is 0 Å². The first kappa shape index (κ1) is 8.88. The van der Waals surface area contributed by atoms with Gasteiger partial charge in [0.1, 0.15) is 5.41 Å². The van der Waals surface area contributed by atoms with Crippen LogP contribution < -0.4 is 10.6 Å². The van der Waals surface area contributed by atoms with Gasteiger partial charge in [-0.25, -0.2) is 4.99 Å². The molecule has 5 heteroatoms. The smallest absolute Gasteiger partial charge is 0.242 e. The number of carbonyl (C=O) groups excluding carboxylic acids is 2. The van der Waals surface area contributed by atoms with Crippen LogP contribution in [-0.4, -0.2) is 23.8 Å². The van der Waals surface area contributed by atoms with Crippen LogP contribution in [0.15, 0.2) is 4.99 Å². The predicted molar refractivity (Wildman–Crippen MR) is 53.0 cm³/mol. The Labute approximate surface area is 87.3 Å². The second-order valence-electron chi connectivity index (χ2n) is 4.55. The molecule has 2 saturated carbocycles. The molecule has 0 radical (unpaired) electrons. The molecule has 2 N–H and O–H groups in total. The fourth-order valence-corrected chi connectivity index (χ4v) is 2.02. The van der Waals surface area contributed by atoms with Gasteiger partial charge < -0.3 is 0 Å². The molecule has 1 heterocycles. The van der Waals surface area contributed by atoms with Gasteiger partial charge in [-0.05, 0) is 25.7 Å². The minimum absolute atomic E-state index is 0.170. The number of amides is 2. The van der Waals surface area contributed by atoms with Crippen LogP contribution in [0.4, 0.5) is 0 Å². The Morgan fingerprint density at radius 2 is 1.73 bits per heavy atom. The summed E-state index contributed by atoms with van der Waals surface area (Å²) in [6.07, 6.45) is 4.40. The van der Waals surface area contributed by atoms with Crippen LogP contribution in [0, 0.1) is 5.41 Å². The largest absolute Gasteiger partial charge is 0.295 e. The van der Waals surface area contributed by atoms with Crippen LogP contribution in [0.3, 0.4) is 0 Å². The zero-order chi connectivity index (χ0) is 10.5. The molecule has 0 unspecified atom stereocenters. The highest BCUT2D eigenvalue weighted by Gasteiger charge is 2.53. The normalized spacial score (nSPS) is 28.1. The lowest BCUT2D eigenvalue weighted by Gasteiger charge is -2.41. The van der Waals surface area contributed by atoms with E-state index in [4.69, 9.17) is 0 Å². The lowest BCUT2D eigenvalue weighted by Crippen LogP contribution is -2.65. The second-order valence-corrected chi connectivity index (χ2v) is 4.55. The third-order valence-corrected chi connectivity index (χ3v) is 3.40. The molecular weight excluding hydrogens is 194 g/mol. The van der Waals surface area contributed by atoms with E-state index >= 15 is 0 Å². The molecule has 80 valence electrons. The highest BCUT2D eigenvalue weighted by atomic mass is 16.2. The van der Waals surface area contributed by atoms with Crippen molar-refractivity contribution in [1.29, 1.82) is 0 Å². The summed E-state index contributed by atoms with van der Waals surface area (Å²) in [5.41, 5.74) is -0.775. The SMILES string of the molecule is O=C1NC(=NC2CC2)NC(=O)C12CCC2. The van der Waals surface area contributed by atoms with Gasteiger partial charge >= 0.3 is 0 Å². The van der Waals surface area contributed by atoms with Crippen molar-refractivity contribution in [3.05, 3.63) is 0 Å². The highest BCUT2D eigenvalue weighted by Crippen LogP contribution is 2.42. The molecule has 2 aliphatic carbocycles. The van der Waals surface area contributed by atoms with E-state index < -0.39 is 5.41 Å². The number of rotatable bonds is 1. The quantitative estimate of drug-likeness (QED) is 0.590. The number of hydrogen-bond donors (Lipinski definition) is 2. The summed E-state index contributed by atoms with van der Waals surface area (Å²) in [6.45, 7) is 0. The van der Waals surface area contributed by atoms with Crippen molar-refractivity contribution in [2.75, 3.05) is 0 Å². The van der Waals surface area contributed by atoms with Crippen LogP contribution in [0.25, 0.3) is 0 Å². The molecule has 0 aromatic rings. The van der Waals surface area contributed by atoms with Gasteiger partial charge in [0.15, 0.2) is 0 Å². The summed E-state index contributed by atoms with van der Waals surface area (Å²) in [7, 11) is 0. The van der Waals surface area contributed by atoms with Crippen LogP contribution in [0.2, 0.25) is 0 Å². The van der Waals surface area contributed by atoms with Crippen molar-refractivity contribution >= 4 is 17.8 Å². The zero-order valence-electron chi connectivity index (χ0n) is 8.38. The van der Waals surface area contributed by atoms with E-state index in [-0.39, 0.29) is 11.8 Å². The molecule has 2 amide bonds. The lowest BCUT2D eigenvalue weighted by molar-refractivity contribution is -0.149. The Balaban J connectivity index is 1.80. The van der Waals surface area contributed by atoms with E-state index in [1.165, 1.54) is 0 Å². The summed E-state index contributed by atoms with van der Waals surface area (Å²) in [6, 6.07) is 0.302. The van der Waals surface area contributed by atoms with Crippen molar-refractivity contribution in [3.63, 3.8) is 0 Å². The summed E-state index contributed by atoms with van der Waals surface area (Å²) in [5.74, 6) is 0.0128. The third kappa shape index (κ3) is 1.26. The summed E-state index contributed by atoms with van der Waals surface area (Å²) >= 11 is 0. The van der Waals surface area contributed by atoms with E-state index in [1.54, 1.807) is 0 Å². The second kappa shape index (κ2) is 2.81. The maximum absolute atomic E-state index is 11.8. The maximum atomic E-state index is 11.8. The molecule has 0 aromatic heterocycles. The van der Waals surface area contributed by atoms with E-state index in [1.807, 2.05) is 0 Å². The van der Waals surface area contributed by atoms with Crippen molar-refractivity contribution in [3.8, 4) is 0 Å². The first-order valence-corrected chi connectivity index (χ1v) is 5.41. The van der Waals surface area contributed by atoms with Crippen LogP contribution in [-0.2, 0) is 9.59 Å². The van der Waals surface area contributed by atoms with E-state index in [0.29, 0.717) is 24.8 Å². The molecule has 1 aliphatic heterocycles. The fourth-order valence-electron chi connectivity index (χ4n) is 2.02. The minimum atomic E-state index is -0.775. The first-order valence-electron chi connectivity index (χ1n) is 5.41. The Bertz CT molecular complexity index is 345. The van der Waals surface area contributed by atoms with E-state index in [9.17, 15) is 9.59 Å². The van der Waals surface area contributed by atoms with Gasteiger partial charge in [-0.2, -0.15) is 0 Å². The van der Waals surface area contributed by atoms with E-state index in [2.05, 4.69) is 15.6 Å². The fraction of sp³-hybridized carbons (Fsp3) is 0.700. The minimum Gasteiger partial charge on any atom is -0.295 e. The van der Waals surface area contributed by atoms with Crippen molar-refractivity contribution in [2.24, 2.45) is 10.4 Å². The topological polar surface area (TPSA) is 70.6 Å². The van der Waals surface area contributed by atoms with Gasteiger partial charge in [0, 0.05) is 0 Å². The molecule has 0 bridgehead atoms. The monoisotopic (exact) mass is 207 g/mol. The third-order valence-electron chi connectivity index (χ3n) is 3.40. The van der Waals surface area contributed by atoms with Crippen LogP contribution >= 0.6 is 0 Å². The predicted octanol–water partition coefficient (Wildman–Crippen LogP) is -0.0789. The van der Waals surface area contributed by atoms with Gasteiger partial charge in [0.25, 0.3) is 0 Å². The Morgan fingerprint density at radius 1 is 1.13 bits per heavy atom. The zero-order valence-corrected chi connectivity index (χ0v) is 8.38. The number of nitrogens with zero attached hydrogens (tertiary/aromatic N) is 1. The van der Waals surface area contributed by atoms with Crippen LogP contribution in [0.1, 0.15) is 32.1 Å². The average molecular weight is 207 g/mol.